The van der Waals surface area contributed by atoms with Crippen LogP contribution in [0.4, 0.5) is 5.13 Å². The zero-order valence-electron chi connectivity index (χ0n) is 11.5. The largest absolute Gasteiger partial charge is 0.450 e. The van der Waals surface area contributed by atoms with Crippen LogP contribution in [0.25, 0.3) is 11.0 Å². The summed E-state index contributed by atoms with van der Waals surface area (Å²) in [4.78, 5) is 16.3. The molecule has 0 fully saturated rings. The molecular weight excluding hydrogens is 272 g/mol. The first-order valence-corrected chi connectivity index (χ1v) is 7.16. The van der Waals surface area contributed by atoms with Crippen molar-refractivity contribution in [1.29, 1.82) is 0 Å². The summed E-state index contributed by atoms with van der Waals surface area (Å²) < 4.78 is 5.79. The van der Waals surface area contributed by atoms with Crippen LogP contribution in [0, 0.1) is 20.8 Å². The Hall–Kier alpha value is -2.14. The van der Waals surface area contributed by atoms with Crippen LogP contribution in [0.5, 0.6) is 0 Å². The van der Waals surface area contributed by atoms with Crippen molar-refractivity contribution in [1.82, 2.24) is 4.98 Å². The van der Waals surface area contributed by atoms with Gasteiger partial charge in [-0.3, -0.25) is 10.1 Å². The number of anilines is 1. The van der Waals surface area contributed by atoms with Gasteiger partial charge in [0.25, 0.3) is 5.91 Å². The van der Waals surface area contributed by atoms with E-state index in [1.165, 1.54) is 11.3 Å². The number of furan rings is 1. The highest BCUT2D eigenvalue weighted by Crippen LogP contribution is 2.31. The van der Waals surface area contributed by atoms with E-state index in [9.17, 15) is 4.79 Å². The molecule has 5 heteroatoms. The van der Waals surface area contributed by atoms with E-state index in [0.29, 0.717) is 10.9 Å². The van der Waals surface area contributed by atoms with Gasteiger partial charge >= 0.3 is 0 Å². The normalized spacial score (nSPS) is 10.9. The standard InChI is InChI=1S/C15H14N2O2S/c1-8-4-5-9(2)12-11(8)10(3)13(19-12)14(18)17-15-16-6-7-20-15/h4-7H,1-3H3,(H,16,17,18). The maximum Gasteiger partial charge on any atom is 0.293 e. The first-order chi connectivity index (χ1) is 9.58. The molecular formula is C15H14N2O2S. The van der Waals surface area contributed by atoms with E-state index in [2.05, 4.69) is 10.3 Å². The van der Waals surface area contributed by atoms with E-state index in [0.717, 1.165) is 27.7 Å². The predicted octanol–water partition coefficient (Wildman–Crippen LogP) is 4.07. The number of amides is 1. The number of carbonyl (C=O) groups is 1. The Bertz CT molecular complexity index is 788. The molecule has 4 nitrogen and oxygen atoms in total. The first kappa shape index (κ1) is 12.9. The van der Waals surface area contributed by atoms with Crippen molar-refractivity contribution in [3.8, 4) is 0 Å². The number of fused-ring (bicyclic) bond motifs is 1. The fourth-order valence-corrected chi connectivity index (χ4v) is 2.85. The van der Waals surface area contributed by atoms with Gasteiger partial charge in [0.15, 0.2) is 10.9 Å². The van der Waals surface area contributed by atoms with Gasteiger partial charge in [0.2, 0.25) is 0 Å². The highest BCUT2D eigenvalue weighted by Gasteiger charge is 2.20. The average Bonchev–Trinajstić information content (AvgIpc) is 3.02. The first-order valence-electron chi connectivity index (χ1n) is 6.28. The fourth-order valence-electron chi connectivity index (χ4n) is 2.33. The second-order valence-electron chi connectivity index (χ2n) is 4.75. The quantitative estimate of drug-likeness (QED) is 0.772. The monoisotopic (exact) mass is 286 g/mol. The van der Waals surface area contributed by atoms with Gasteiger partial charge in [-0.15, -0.1) is 11.3 Å². The van der Waals surface area contributed by atoms with Crippen molar-refractivity contribution >= 4 is 33.3 Å². The highest BCUT2D eigenvalue weighted by atomic mass is 32.1. The molecule has 0 atom stereocenters. The number of aryl methyl sites for hydroxylation is 3. The lowest BCUT2D eigenvalue weighted by molar-refractivity contribution is 0.0998. The molecule has 2 aromatic heterocycles. The summed E-state index contributed by atoms with van der Waals surface area (Å²) in [5, 5.41) is 6.16. The van der Waals surface area contributed by atoms with Crippen molar-refractivity contribution in [3.63, 3.8) is 0 Å². The summed E-state index contributed by atoms with van der Waals surface area (Å²) in [7, 11) is 0. The molecule has 1 amide bonds. The van der Waals surface area contributed by atoms with E-state index >= 15 is 0 Å². The van der Waals surface area contributed by atoms with Crippen LogP contribution in [0.1, 0.15) is 27.2 Å². The van der Waals surface area contributed by atoms with Crippen molar-refractivity contribution in [2.75, 3.05) is 5.32 Å². The maximum atomic E-state index is 12.3. The molecule has 0 bridgehead atoms. The molecule has 3 aromatic rings. The van der Waals surface area contributed by atoms with Crippen LogP contribution < -0.4 is 5.32 Å². The van der Waals surface area contributed by atoms with Gasteiger partial charge in [-0.25, -0.2) is 4.98 Å². The topological polar surface area (TPSA) is 55.1 Å². The number of hydrogen-bond donors (Lipinski definition) is 1. The Morgan fingerprint density at radius 3 is 2.65 bits per heavy atom. The van der Waals surface area contributed by atoms with Gasteiger partial charge in [-0.2, -0.15) is 0 Å². The number of aromatic nitrogens is 1. The average molecular weight is 286 g/mol. The van der Waals surface area contributed by atoms with E-state index in [4.69, 9.17) is 4.42 Å². The third kappa shape index (κ3) is 2.00. The lowest BCUT2D eigenvalue weighted by atomic mass is 10.0. The summed E-state index contributed by atoms with van der Waals surface area (Å²) in [6.45, 7) is 5.91. The number of hydrogen-bond acceptors (Lipinski definition) is 4. The lowest BCUT2D eigenvalue weighted by Gasteiger charge is -1.99. The van der Waals surface area contributed by atoms with Crippen LogP contribution in [0.15, 0.2) is 28.1 Å². The van der Waals surface area contributed by atoms with E-state index in [1.807, 2.05) is 38.3 Å². The zero-order valence-corrected chi connectivity index (χ0v) is 12.3. The van der Waals surface area contributed by atoms with Crippen LogP contribution in [0.3, 0.4) is 0 Å². The molecule has 20 heavy (non-hydrogen) atoms. The van der Waals surface area contributed by atoms with Gasteiger partial charge in [0, 0.05) is 22.5 Å². The van der Waals surface area contributed by atoms with Gasteiger partial charge < -0.3 is 4.42 Å². The second kappa shape index (κ2) is 4.76. The molecule has 0 unspecified atom stereocenters. The number of rotatable bonds is 2. The molecule has 1 N–H and O–H groups in total. The molecule has 3 rings (SSSR count). The molecule has 102 valence electrons. The summed E-state index contributed by atoms with van der Waals surface area (Å²) in [6, 6.07) is 4.05. The third-order valence-corrected chi connectivity index (χ3v) is 4.03. The number of nitrogens with one attached hydrogen (secondary N) is 1. The second-order valence-corrected chi connectivity index (χ2v) is 5.65. The van der Waals surface area contributed by atoms with Gasteiger partial charge in [0.05, 0.1) is 0 Å². The Morgan fingerprint density at radius 1 is 1.25 bits per heavy atom. The predicted molar refractivity (Wildman–Crippen MR) is 80.5 cm³/mol. The van der Waals surface area contributed by atoms with E-state index in [-0.39, 0.29) is 5.91 Å². The molecule has 0 aliphatic carbocycles. The Labute approximate surface area is 120 Å². The summed E-state index contributed by atoms with van der Waals surface area (Å²) >= 11 is 1.38. The highest BCUT2D eigenvalue weighted by molar-refractivity contribution is 7.13. The van der Waals surface area contributed by atoms with Crippen LogP contribution in [-0.2, 0) is 0 Å². The third-order valence-electron chi connectivity index (χ3n) is 3.34. The molecule has 1 aromatic carbocycles. The molecule has 0 spiro atoms. The molecule has 2 heterocycles. The van der Waals surface area contributed by atoms with Gasteiger partial charge in [0.1, 0.15) is 5.58 Å². The molecule has 0 saturated carbocycles. The van der Waals surface area contributed by atoms with Crippen molar-refractivity contribution in [2.24, 2.45) is 0 Å². The van der Waals surface area contributed by atoms with Crippen LogP contribution >= 0.6 is 11.3 Å². The molecule has 0 saturated heterocycles. The molecule has 0 radical (unpaired) electrons. The lowest BCUT2D eigenvalue weighted by Crippen LogP contribution is -2.11. The number of thiazole rings is 1. The van der Waals surface area contributed by atoms with Crippen molar-refractivity contribution in [2.45, 2.75) is 20.8 Å². The Balaban J connectivity index is 2.08. The summed E-state index contributed by atoms with van der Waals surface area (Å²) in [5.74, 6) is 0.0973. The Kier molecular flexibility index (Phi) is 3.06. The Morgan fingerprint density at radius 2 is 2.00 bits per heavy atom. The maximum absolute atomic E-state index is 12.3. The summed E-state index contributed by atoms with van der Waals surface area (Å²) in [6.07, 6.45) is 1.65. The van der Waals surface area contributed by atoms with Gasteiger partial charge in [-0.1, -0.05) is 12.1 Å². The summed E-state index contributed by atoms with van der Waals surface area (Å²) in [5.41, 5.74) is 3.80. The van der Waals surface area contributed by atoms with Crippen LogP contribution in [0.2, 0.25) is 0 Å². The molecule has 0 aliphatic heterocycles. The van der Waals surface area contributed by atoms with E-state index < -0.39 is 0 Å². The zero-order chi connectivity index (χ0) is 14.3. The minimum Gasteiger partial charge on any atom is -0.450 e. The smallest absolute Gasteiger partial charge is 0.293 e. The SMILES string of the molecule is Cc1ccc(C)c2c(C)c(C(=O)Nc3nccs3)oc12. The van der Waals surface area contributed by atoms with Crippen LogP contribution in [-0.4, -0.2) is 10.9 Å². The van der Waals surface area contributed by atoms with Gasteiger partial charge in [-0.05, 0) is 31.9 Å². The number of benzene rings is 1. The molecule has 0 aliphatic rings. The van der Waals surface area contributed by atoms with Crippen molar-refractivity contribution < 1.29 is 9.21 Å². The number of carbonyl (C=O) groups excluding carboxylic acids is 1. The minimum absolute atomic E-state index is 0.257. The van der Waals surface area contributed by atoms with E-state index in [1.54, 1.807) is 6.20 Å². The number of nitrogens with zero attached hydrogens (tertiary/aromatic N) is 1. The fraction of sp³-hybridized carbons (Fsp3) is 0.200. The van der Waals surface area contributed by atoms with Crippen molar-refractivity contribution in [3.05, 3.63) is 46.2 Å². The minimum atomic E-state index is -0.257.